The second-order valence-electron chi connectivity index (χ2n) is 5.34. The van der Waals surface area contributed by atoms with E-state index in [0.717, 1.165) is 0 Å². The van der Waals surface area contributed by atoms with Crippen molar-refractivity contribution in [1.29, 1.82) is 0 Å². The van der Waals surface area contributed by atoms with E-state index >= 15 is 0 Å². The number of tetrazole rings is 1. The zero-order valence-electron chi connectivity index (χ0n) is 13.7. The Labute approximate surface area is 153 Å². The second kappa shape index (κ2) is 7.75. The fraction of sp³-hybridized carbons (Fsp3) is 0.118. The van der Waals surface area contributed by atoms with E-state index in [9.17, 15) is 9.59 Å². The van der Waals surface area contributed by atoms with Crippen LogP contribution in [0.3, 0.4) is 0 Å². The topological polar surface area (TPSA) is 99.0 Å². The normalized spacial score (nSPS) is 11.6. The number of anilines is 1. The molecule has 0 saturated heterocycles. The standard InChI is InChI=1S/C17H14ClN5O3/c1-11(16(24)20-14-6-4-13(18)5-7-14)26-17(25)12-2-8-15(9-3-12)23-10-19-21-22-23/h2-11H,1H3,(H,20,24)/t11-/m0/s1. The summed E-state index contributed by atoms with van der Waals surface area (Å²) >= 11 is 5.80. The number of hydrogen-bond donors (Lipinski definition) is 1. The Hall–Kier alpha value is -3.26. The summed E-state index contributed by atoms with van der Waals surface area (Å²) in [5.41, 5.74) is 1.57. The molecule has 3 aromatic rings. The molecule has 26 heavy (non-hydrogen) atoms. The Morgan fingerprint density at radius 1 is 1.12 bits per heavy atom. The summed E-state index contributed by atoms with van der Waals surface area (Å²) in [6.07, 6.45) is 0.480. The Bertz CT molecular complexity index is 895. The molecule has 9 heteroatoms. The molecule has 0 spiro atoms. The summed E-state index contributed by atoms with van der Waals surface area (Å²) < 4.78 is 6.66. The van der Waals surface area contributed by atoms with Crippen LogP contribution >= 0.6 is 11.6 Å². The molecular formula is C17H14ClN5O3. The van der Waals surface area contributed by atoms with E-state index in [2.05, 4.69) is 20.8 Å². The number of nitrogens with zero attached hydrogens (tertiary/aromatic N) is 4. The van der Waals surface area contributed by atoms with Crippen molar-refractivity contribution < 1.29 is 14.3 Å². The number of carbonyl (C=O) groups is 2. The molecule has 0 aliphatic heterocycles. The first-order valence-electron chi connectivity index (χ1n) is 7.64. The fourth-order valence-electron chi connectivity index (χ4n) is 2.09. The lowest BCUT2D eigenvalue weighted by Crippen LogP contribution is -2.30. The predicted molar refractivity (Wildman–Crippen MR) is 94.1 cm³/mol. The first kappa shape index (κ1) is 17.6. The van der Waals surface area contributed by atoms with Gasteiger partial charge in [0.05, 0.1) is 11.3 Å². The molecule has 0 bridgehead atoms. The van der Waals surface area contributed by atoms with Crippen molar-refractivity contribution in [3.8, 4) is 5.69 Å². The molecule has 0 aliphatic rings. The molecule has 0 unspecified atom stereocenters. The maximum absolute atomic E-state index is 12.2. The van der Waals surface area contributed by atoms with Crippen molar-refractivity contribution in [3.05, 3.63) is 65.4 Å². The number of benzene rings is 2. The predicted octanol–water partition coefficient (Wildman–Crippen LogP) is 2.50. The summed E-state index contributed by atoms with van der Waals surface area (Å²) in [6, 6.07) is 13.1. The fourth-order valence-corrected chi connectivity index (χ4v) is 2.22. The molecular weight excluding hydrogens is 358 g/mol. The zero-order chi connectivity index (χ0) is 18.5. The first-order valence-corrected chi connectivity index (χ1v) is 8.01. The van der Waals surface area contributed by atoms with Gasteiger partial charge in [0.2, 0.25) is 0 Å². The number of rotatable bonds is 5. The van der Waals surface area contributed by atoms with E-state index in [1.54, 1.807) is 48.5 Å². The first-order chi connectivity index (χ1) is 12.5. The number of aromatic nitrogens is 4. The van der Waals surface area contributed by atoms with E-state index in [4.69, 9.17) is 16.3 Å². The van der Waals surface area contributed by atoms with Gasteiger partial charge in [-0.25, -0.2) is 9.48 Å². The van der Waals surface area contributed by atoms with Crippen LogP contribution in [0, 0.1) is 0 Å². The number of hydrogen-bond acceptors (Lipinski definition) is 6. The average molecular weight is 372 g/mol. The van der Waals surface area contributed by atoms with Crippen LogP contribution in [0.15, 0.2) is 54.9 Å². The smallest absolute Gasteiger partial charge is 0.338 e. The van der Waals surface area contributed by atoms with Crippen molar-refractivity contribution in [3.63, 3.8) is 0 Å². The second-order valence-corrected chi connectivity index (χ2v) is 5.78. The van der Waals surface area contributed by atoms with Gasteiger partial charge in [0.15, 0.2) is 6.10 Å². The Balaban J connectivity index is 1.59. The molecule has 1 heterocycles. The van der Waals surface area contributed by atoms with Crippen LogP contribution in [0.2, 0.25) is 5.02 Å². The summed E-state index contributed by atoms with van der Waals surface area (Å²) in [6.45, 7) is 1.50. The van der Waals surface area contributed by atoms with Crippen molar-refractivity contribution in [1.82, 2.24) is 20.2 Å². The molecule has 1 aromatic heterocycles. The van der Waals surface area contributed by atoms with Gasteiger partial charge in [-0.05, 0) is 65.9 Å². The summed E-state index contributed by atoms with van der Waals surface area (Å²) in [5, 5.41) is 14.1. The maximum Gasteiger partial charge on any atom is 0.338 e. The molecule has 2 aromatic carbocycles. The van der Waals surface area contributed by atoms with Gasteiger partial charge < -0.3 is 10.1 Å². The van der Waals surface area contributed by atoms with E-state index in [1.807, 2.05) is 0 Å². The number of ether oxygens (including phenoxy) is 1. The van der Waals surface area contributed by atoms with E-state index in [-0.39, 0.29) is 0 Å². The minimum atomic E-state index is -0.961. The molecule has 1 N–H and O–H groups in total. The van der Waals surface area contributed by atoms with Gasteiger partial charge in [0.1, 0.15) is 6.33 Å². The van der Waals surface area contributed by atoms with E-state index in [0.29, 0.717) is 22.0 Å². The zero-order valence-corrected chi connectivity index (χ0v) is 14.4. The Morgan fingerprint density at radius 3 is 2.42 bits per heavy atom. The molecule has 0 saturated carbocycles. The van der Waals surface area contributed by atoms with Crippen LogP contribution in [-0.4, -0.2) is 38.2 Å². The van der Waals surface area contributed by atoms with Crippen molar-refractivity contribution in [2.45, 2.75) is 13.0 Å². The van der Waals surface area contributed by atoms with Gasteiger partial charge in [-0.3, -0.25) is 4.79 Å². The van der Waals surface area contributed by atoms with Crippen LogP contribution in [0.5, 0.6) is 0 Å². The van der Waals surface area contributed by atoms with Gasteiger partial charge in [-0.15, -0.1) is 5.10 Å². The number of esters is 1. The largest absolute Gasteiger partial charge is 0.449 e. The lowest BCUT2D eigenvalue weighted by atomic mass is 10.2. The molecule has 1 atom stereocenters. The van der Waals surface area contributed by atoms with Crippen molar-refractivity contribution in [2.24, 2.45) is 0 Å². The third-order valence-corrected chi connectivity index (χ3v) is 3.73. The highest BCUT2D eigenvalue weighted by molar-refractivity contribution is 6.30. The highest BCUT2D eigenvalue weighted by Gasteiger charge is 2.19. The minimum Gasteiger partial charge on any atom is -0.449 e. The van der Waals surface area contributed by atoms with Gasteiger partial charge >= 0.3 is 5.97 Å². The molecule has 132 valence electrons. The van der Waals surface area contributed by atoms with Crippen LogP contribution in [0.25, 0.3) is 5.69 Å². The lowest BCUT2D eigenvalue weighted by Gasteiger charge is -2.13. The summed E-state index contributed by atoms with van der Waals surface area (Å²) in [4.78, 5) is 24.3. The lowest BCUT2D eigenvalue weighted by molar-refractivity contribution is -0.123. The molecule has 1 amide bonds. The van der Waals surface area contributed by atoms with Crippen LogP contribution in [0.4, 0.5) is 5.69 Å². The molecule has 0 fully saturated rings. The van der Waals surface area contributed by atoms with Crippen LogP contribution in [0.1, 0.15) is 17.3 Å². The van der Waals surface area contributed by atoms with Gasteiger partial charge in [-0.2, -0.15) is 0 Å². The molecule has 3 rings (SSSR count). The van der Waals surface area contributed by atoms with Gasteiger partial charge in [0, 0.05) is 10.7 Å². The quantitative estimate of drug-likeness (QED) is 0.692. The van der Waals surface area contributed by atoms with E-state index < -0.39 is 18.0 Å². The van der Waals surface area contributed by atoms with Gasteiger partial charge in [0.25, 0.3) is 5.91 Å². The molecule has 8 nitrogen and oxygen atoms in total. The summed E-state index contributed by atoms with van der Waals surface area (Å²) in [5.74, 6) is -1.04. The molecule has 0 aliphatic carbocycles. The number of halogens is 1. The monoisotopic (exact) mass is 371 g/mol. The Kier molecular flexibility index (Phi) is 5.23. The SMILES string of the molecule is C[C@H](OC(=O)c1ccc(-n2cnnn2)cc1)C(=O)Nc1ccc(Cl)cc1. The number of amides is 1. The Morgan fingerprint density at radius 2 is 1.81 bits per heavy atom. The third-order valence-electron chi connectivity index (χ3n) is 3.48. The van der Waals surface area contributed by atoms with Crippen LogP contribution < -0.4 is 5.32 Å². The summed E-state index contributed by atoms with van der Waals surface area (Å²) in [7, 11) is 0. The van der Waals surface area contributed by atoms with Crippen molar-refractivity contribution >= 4 is 29.2 Å². The van der Waals surface area contributed by atoms with Gasteiger partial charge in [-0.1, -0.05) is 11.6 Å². The third kappa shape index (κ3) is 4.22. The average Bonchev–Trinajstić information content (AvgIpc) is 3.18. The molecule has 0 radical (unpaired) electrons. The maximum atomic E-state index is 12.2. The number of carbonyl (C=O) groups excluding carboxylic acids is 2. The van der Waals surface area contributed by atoms with E-state index in [1.165, 1.54) is 17.9 Å². The van der Waals surface area contributed by atoms with Crippen molar-refractivity contribution in [2.75, 3.05) is 5.32 Å². The van der Waals surface area contributed by atoms with Crippen LogP contribution in [-0.2, 0) is 9.53 Å². The highest BCUT2D eigenvalue weighted by atomic mass is 35.5. The minimum absolute atomic E-state index is 0.313. The number of nitrogens with one attached hydrogen (secondary N) is 1. The highest BCUT2D eigenvalue weighted by Crippen LogP contribution is 2.14.